The van der Waals surface area contributed by atoms with Crippen molar-refractivity contribution < 1.29 is 23.6 Å². The number of primary amides is 1. The van der Waals surface area contributed by atoms with E-state index < -0.39 is 29.0 Å². The molecule has 0 spiro atoms. The van der Waals surface area contributed by atoms with Gasteiger partial charge in [-0.15, -0.1) is 0 Å². The summed E-state index contributed by atoms with van der Waals surface area (Å²) in [5, 5.41) is 5.13. The maximum Gasteiger partial charge on any atom is 0.294 e. The van der Waals surface area contributed by atoms with E-state index >= 15 is 0 Å². The summed E-state index contributed by atoms with van der Waals surface area (Å²) in [4.78, 5) is 50.4. The van der Waals surface area contributed by atoms with Gasteiger partial charge in [-0.1, -0.05) is 0 Å². The van der Waals surface area contributed by atoms with Crippen LogP contribution in [0.5, 0.6) is 0 Å². The number of nitrogens with two attached hydrogens (primary N) is 1. The molecular weight excluding hydrogens is 415 g/mol. The number of amides is 3. The maximum atomic E-state index is 13.6. The number of hydrogen-bond acceptors (Lipinski definition) is 4. The van der Waals surface area contributed by atoms with Crippen LogP contribution in [0.3, 0.4) is 0 Å². The molecule has 0 atom stereocenters. The number of carbonyl (C=O) groups excluding carboxylic acids is 4. The van der Waals surface area contributed by atoms with Gasteiger partial charge in [0.1, 0.15) is 11.4 Å². The minimum Gasteiger partial charge on any atom is -0.368 e. The molecule has 3 amide bonds. The van der Waals surface area contributed by atoms with Crippen molar-refractivity contribution in [3.05, 3.63) is 52.1 Å². The minimum atomic E-state index is -1.40. The third kappa shape index (κ3) is 4.28. The standard InChI is InChI=1S/C23H27FN4O4/c1-12-11-14(8-9-15(12)24)26-20(30)17-13(2)18(28-10-6-5-7-16(17)28)19(29)21(31)27-23(3,4)22(25)32/h8-9,11H,5-7,10H2,1-4H3,(H2,25,32)(H,26,30)(H,27,31). The zero-order valence-electron chi connectivity index (χ0n) is 18.6. The van der Waals surface area contributed by atoms with E-state index in [0.717, 1.165) is 12.8 Å². The third-order valence-electron chi connectivity index (χ3n) is 5.77. The van der Waals surface area contributed by atoms with Gasteiger partial charge in [-0.25, -0.2) is 4.39 Å². The largest absolute Gasteiger partial charge is 0.368 e. The molecule has 8 nitrogen and oxygen atoms in total. The first-order chi connectivity index (χ1) is 14.9. The Morgan fingerprint density at radius 1 is 1.12 bits per heavy atom. The molecule has 0 aliphatic carbocycles. The highest BCUT2D eigenvalue weighted by atomic mass is 19.1. The number of hydrogen-bond donors (Lipinski definition) is 3. The highest BCUT2D eigenvalue weighted by molar-refractivity contribution is 6.43. The molecule has 170 valence electrons. The fourth-order valence-corrected chi connectivity index (χ4v) is 3.90. The predicted molar refractivity (Wildman–Crippen MR) is 117 cm³/mol. The van der Waals surface area contributed by atoms with Crippen molar-refractivity contribution >= 4 is 29.2 Å². The molecule has 0 saturated heterocycles. The van der Waals surface area contributed by atoms with E-state index in [-0.39, 0.29) is 11.5 Å². The minimum absolute atomic E-state index is 0.123. The number of anilines is 1. The van der Waals surface area contributed by atoms with Gasteiger partial charge in [0, 0.05) is 17.9 Å². The summed E-state index contributed by atoms with van der Waals surface area (Å²) in [5.74, 6) is -3.39. The Morgan fingerprint density at radius 3 is 2.44 bits per heavy atom. The normalized spacial score (nSPS) is 13.3. The van der Waals surface area contributed by atoms with Gasteiger partial charge in [0.05, 0.1) is 11.3 Å². The first kappa shape index (κ1) is 23.2. The lowest BCUT2D eigenvalue weighted by molar-refractivity contribution is -0.128. The van der Waals surface area contributed by atoms with Crippen molar-refractivity contribution in [2.24, 2.45) is 5.73 Å². The van der Waals surface area contributed by atoms with Crippen molar-refractivity contribution in [1.29, 1.82) is 0 Å². The number of nitrogens with zero attached hydrogens (tertiary/aromatic N) is 1. The number of aromatic nitrogens is 1. The van der Waals surface area contributed by atoms with Crippen LogP contribution in [0.4, 0.5) is 10.1 Å². The highest BCUT2D eigenvalue weighted by Crippen LogP contribution is 2.30. The van der Waals surface area contributed by atoms with Gasteiger partial charge < -0.3 is 20.9 Å². The number of ketones is 1. The Labute approximate surface area is 185 Å². The van der Waals surface area contributed by atoms with Crippen LogP contribution in [0.25, 0.3) is 0 Å². The zero-order valence-corrected chi connectivity index (χ0v) is 18.6. The van der Waals surface area contributed by atoms with E-state index in [9.17, 15) is 23.6 Å². The average Bonchev–Trinajstić information content (AvgIpc) is 3.01. The van der Waals surface area contributed by atoms with E-state index in [1.165, 1.54) is 32.0 Å². The topological polar surface area (TPSA) is 123 Å². The van der Waals surface area contributed by atoms with Gasteiger partial charge in [0.15, 0.2) is 0 Å². The van der Waals surface area contributed by atoms with E-state index in [2.05, 4.69) is 10.6 Å². The van der Waals surface area contributed by atoms with Crippen molar-refractivity contribution in [3.8, 4) is 0 Å². The second-order valence-corrected chi connectivity index (χ2v) is 8.59. The number of Topliss-reactive ketones (excluding diaryl/α,β-unsaturated/α-hetero) is 1. The molecule has 0 radical (unpaired) electrons. The van der Waals surface area contributed by atoms with Crippen molar-refractivity contribution in [1.82, 2.24) is 9.88 Å². The summed E-state index contributed by atoms with van der Waals surface area (Å²) in [5.41, 5.74) is 6.22. The monoisotopic (exact) mass is 442 g/mol. The molecule has 3 rings (SSSR count). The summed E-state index contributed by atoms with van der Waals surface area (Å²) in [6.45, 7) is 6.52. The summed E-state index contributed by atoms with van der Waals surface area (Å²) < 4.78 is 15.3. The molecule has 0 saturated carbocycles. The Bertz CT molecular complexity index is 1130. The Hall–Kier alpha value is -3.49. The van der Waals surface area contributed by atoms with Crippen LogP contribution in [0.1, 0.15) is 64.4 Å². The highest BCUT2D eigenvalue weighted by Gasteiger charge is 2.35. The third-order valence-corrected chi connectivity index (χ3v) is 5.77. The number of aryl methyl sites for hydroxylation is 1. The van der Waals surface area contributed by atoms with Crippen LogP contribution in [-0.4, -0.2) is 33.6 Å². The molecule has 0 bridgehead atoms. The van der Waals surface area contributed by atoms with Crippen molar-refractivity contribution in [2.75, 3.05) is 5.32 Å². The number of carbonyl (C=O) groups is 4. The fourth-order valence-electron chi connectivity index (χ4n) is 3.90. The predicted octanol–water partition coefficient (Wildman–Crippen LogP) is 2.40. The van der Waals surface area contributed by atoms with E-state index in [1.54, 1.807) is 18.4 Å². The van der Waals surface area contributed by atoms with E-state index in [1.807, 2.05) is 0 Å². The van der Waals surface area contributed by atoms with E-state index in [0.29, 0.717) is 41.0 Å². The van der Waals surface area contributed by atoms with Gasteiger partial charge >= 0.3 is 0 Å². The molecule has 1 aromatic carbocycles. The lowest BCUT2D eigenvalue weighted by atomic mass is 10.0. The summed E-state index contributed by atoms with van der Waals surface area (Å²) >= 11 is 0. The van der Waals surface area contributed by atoms with Crippen LogP contribution in [-0.2, 0) is 22.6 Å². The number of fused-ring (bicyclic) bond motifs is 1. The van der Waals surface area contributed by atoms with Crippen LogP contribution in [0.15, 0.2) is 18.2 Å². The molecule has 1 aromatic heterocycles. The van der Waals surface area contributed by atoms with Crippen LogP contribution in [0, 0.1) is 19.7 Å². The lowest BCUT2D eigenvalue weighted by Gasteiger charge is -2.22. The number of rotatable bonds is 6. The second-order valence-electron chi connectivity index (χ2n) is 8.59. The van der Waals surface area contributed by atoms with Crippen molar-refractivity contribution in [3.63, 3.8) is 0 Å². The van der Waals surface area contributed by atoms with Gasteiger partial charge in [-0.3, -0.25) is 19.2 Å². The average molecular weight is 442 g/mol. The molecule has 0 unspecified atom stereocenters. The fraction of sp³-hybridized carbons (Fsp3) is 0.391. The SMILES string of the molecule is Cc1cc(NC(=O)c2c(C)c(C(=O)C(=O)NC(C)(C)C(N)=O)n3c2CCCC3)ccc1F. The van der Waals surface area contributed by atoms with Crippen molar-refractivity contribution in [2.45, 2.75) is 59.0 Å². The van der Waals surface area contributed by atoms with Gasteiger partial charge in [0.2, 0.25) is 5.91 Å². The second kappa shape index (κ2) is 8.57. The Kier molecular flexibility index (Phi) is 6.20. The molecule has 32 heavy (non-hydrogen) atoms. The van der Waals surface area contributed by atoms with Gasteiger partial charge in [0.25, 0.3) is 17.6 Å². The zero-order chi connectivity index (χ0) is 23.8. The van der Waals surface area contributed by atoms with Crippen LogP contribution in [0.2, 0.25) is 0 Å². The quantitative estimate of drug-likeness (QED) is 0.469. The molecule has 2 heterocycles. The first-order valence-electron chi connectivity index (χ1n) is 10.4. The molecular formula is C23H27FN4O4. The molecule has 1 aliphatic heterocycles. The number of nitrogens with one attached hydrogen (secondary N) is 2. The molecule has 4 N–H and O–H groups in total. The Morgan fingerprint density at radius 2 is 1.81 bits per heavy atom. The van der Waals surface area contributed by atoms with Gasteiger partial charge in [-0.2, -0.15) is 0 Å². The van der Waals surface area contributed by atoms with Crippen LogP contribution >= 0.6 is 0 Å². The molecule has 1 aliphatic rings. The number of benzene rings is 1. The number of halogens is 1. The molecule has 0 fully saturated rings. The smallest absolute Gasteiger partial charge is 0.294 e. The maximum absolute atomic E-state index is 13.6. The van der Waals surface area contributed by atoms with Gasteiger partial charge in [-0.05, 0) is 76.3 Å². The lowest BCUT2D eigenvalue weighted by Crippen LogP contribution is -2.54. The molecule has 2 aromatic rings. The summed E-state index contributed by atoms with van der Waals surface area (Å²) in [7, 11) is 0. The van der Waals surface area contributed by atoms with Crippen LogP contribution < -0.4 is 16.4 Å². The first-order valence-corrected chi connectivity index (χ1v) is 10.4. The Balaban J connectivity index is 1.98. The summed E-state index contributed by atoms with van der Waals surface area (Å²) in [6.07, 6.45) is 2.22. The summed E-state index contributed by atoms with van der Waals surface area (Å²) in [6, 6.07) is 4.26. The van der Waals surface area contributed by atoms with E-state index in [4.69, 9.17) is 5.73 Å². The molecule has 9 heteroatoms.